The van der Waals surface area contributed by atoms with Gasteiger partial charge in [0.1, 0.15) is 0 Å². The van der Waals surface area contributed by atoms with E-state index in [2.05, 4.69) is 20.4 Å². The van der Waals surface area contributed by atoms with Gasteiger partial charge in [-0.1, -0.05) is 23.8 Å². The summed E-state index contributed by atoms with van der Waals surface area (Å²) in [5.41, 5.74) is 2.85. The third-order valence-corrected chi connectivity index (χ3v) is 4.69. The predicted octanol–water partition coefficient (Wildman–Crippen LogP) is 2.89. The molecule has 3 aromatic rings. The number of benzene rings is 1. The lowest BCUT2D eigenvalue weighted by molar-refractivity contribution is -0.120. The van der Waals surface area contributed by atoms with Crippen LogP contribution in [-0.4, -0.2) is 33.6 Å². The molecule has 4 rings (SSSR count). The summed E-state index contributed by atoms with van der Waals surface area (Å²) in [6.07, 6.45) is 3.82. The Balaban J connectivity index is 1.49. The molecule has 6 heteroatoms. The van der Waals surface area contributed by atoms with E-state index in [0.717, 1.165) is 36.7 Å². The van der Waals surface area contributed by atoms with E-state index in [4.69, 9.17) is 0 Å². The quantitative estimate of drug-likeness (QED) is 0.799. The van der Waals surface area contributed by atoms with Crippen molar-refractivity contribution in [2.24, 2.45) is 5.92 Å². The molecule has 3 heterocycles. The average Bonchev–Trinajstić information content (AvgIpc) is 3.08. The summed E-state index contributed by atoms with van der Waals surface area (Å²) in [5.74, 6) is 0.830. The van der Waals surface area contributed by atoms with Crippen LogP contribution in [0, 0.1) is 12.8 Å². The number of carbonyl (C=O) groups excluding carboxylic acids is 1. The van der Waals surface area contributed by atoms with Gasteiger partial charge >= 0.3 is 0 Å². The lowest BCUT2D eigenvalue weighted by Gasteiger charge is -2.32. The van der Waals surface area contributed by atoms with E-state index >= 15 is 0 Å². The number of hydrogen-bond acceptors (Lipinski definition) is 4. The highest BCUT2D eigenvalue weighted by Gasteiger charge is 2.28. The monoisotopic (exact) mass is 335 g/mol. The summed E-state index contributed by atoms with van der Waals surface area (Å²) in [6, 6.07) is 13.7. The van der Waals surface area contributed by atoms with Gasteiger partial charge in [0, 0.05) is 25.0 Å². The molecule has 0 saturated carbocycles. The summed E-state index contributed by atoms with van der Waals surface area (Å²) in [6.45, 7) is 3.59. The second-order valence-electron chi connectivity index (χ2n) is 6.57. The molecule has 6 nitrogen and oxygen atoms in total. The smallest absolute Gasteiger partial charge is 0.231 e. The average molecular weight is 335 g/mol. The van der Waals surface area contributed by atoms with Crippen molar-refractivity contribution in [3.05, 3.63) is 54.2 Å². The fraction of sp³-hybridized carbons (Fsp3) is 0.316. The number of piperidine rings is 1. The molecular weight excluding hydrogens is 314 g/mol. The number of anilines is 2. The molecule has 0 aliphatic carbocycles. The highest BCUT2D eigenvalue weighted by molar-refractivity contribution is 5.93. The van der Waals surface area contributed by atoms with E-state index in [1.807, 2.05) is 60.0 Å². The Bertz CT molecular complexity index is 886. The van der Waals surface area contributed by atoms with Crippen molar-refractivity contribution in [1.82, 2.24) is 14.6 Å². The SMILES string of the molecule is Cc1ccc(NC(=O)C2CCCN(c3nnc4ccccn34)C2)cc1. The Morgan fingerprint density at radius 2 is 2.00 bits per heavy atom. The molecule has 1 saturated heterocycles. The fourth-order valence-corrected chi connectivity index (χ4v) is 3.30. The molecule has 1 atom stereocenters. The van der Waals surface area contributed by atoms with Crippen molar-refractivity contribution < 1.29 is 4.79 Å². The van der Waals surface area contributed by atoms with E-state index in [1.165, 1.54) is 5.56 Å². The lowest BCUT2D eigenvalue weighted by atomic mass is 9.97. The first-order valence-corrected chi connectivity index (χ1v) is 8.63. The molecule has 128 valence electrons. The summed E-state index contributed by atoms with van der Waals surface area (Å²) >= 11 is 0. The maximum Gasteiger partial charge on any atom is 0.231 e. The normalized spacial score (nSPS) is 17.6. The zero-order chi connectivity index (χ0) is 17.2. The third kappa shape index (κ3) is 3.20. The number of nitrogens with one attached hydrogen (secondary N) is 1. The molecule has 1 amide bonds. The minimum absolute atomic E-state index is 0.0499. The molecule has 1 unspecified atom stereocenters. The Labute approximate surface area is 146 Å². The second-order valence-corrected chi connectivity index (χ2v) is 6.57. The molecule has 25 heavy (non-hydrogen) atoms. The van der Waals surface area contributed by atoms with E-state index < -0.39 is 0 Å². The summed E-state index contributed by atoms with van der Waals surface area (Å²) in [7, 11) is 0. The molecule has 0 spiro atoms. The maximum absolute atomic E-state index is 12.7. The van der Waals surface area contributed by atoms with Gasteiger partial charge in [-0.2, -0.15) is 0 Å². The van der Waals surface area contributed by atoms with Gasteiger partial charge in [-0.25, -0.2) is 0 Å². The van der Waals surface area contributed by atoms with Crippen LogP contribution in [-0.2, 0) is 4.79 Å². The van der Waals surface area contributed by atoms with Crippen LogP contribution in [0.3, 0.4) is 0 Å². The van der Waals surface area contributed by atoms with Gasteiger partial charge in [-0.3, -0.25) is 9.20 Å². The zero-order valence-electron chi connectivity index (χ0n) is 14.2. The van der Waals surface area contributed by atoms with Crippen molar-refractivity contribution in [1.29, 1.82) is 0 Å². The van der Waals surface area contributed by atoms with Crippen LogP contribution >= 0.6 is 0 Å². The standard InChI is InChI=1S/C19H21N5O/c1-14-7-9-16(10-8-14)20-18(25)15-5-4-11-23(13-15)19-22-21-17-6-2-3-12-24(17)19/h2-3,6-10,12,15H,4-5,11,13H2,1H3,(H,20,25). The van der Waals surface area contributed by atoms with E-state index in [0.29, 0.717) is 6.54 Å². The van der Waals surface area contributed by atoms with Gasteiger partial charge in [0.15, 0.2) is 5.65 Å². The van der Waals surface area contributed by atoms with Gasteiger partial charge < -0.3 is 10.2 Å². The Hall–Kier alpha value is -2.89. The van der Waals surface area contributed by atoms with E-state index in [9.17, 15) is 4.79 Å². The molecular formula is C19H21N5O. The third-order valence-electron chi connectivity index (χ3n) is 4.69. The summed E-state index contributed by atoms with van der Waals surface area (Å²) in [4.78, 5) is 14.8. The molecule has 1 aliphatic rings. The number of amides is 1. The zero-order valence-corrected chi connectivity index (χ0v) is 14.2. The van der Waals surface area contributed by atoms with Gasteiger partial charge in [0.25, 0.3) is 0 Å². The first kappa shape index (κ1) is 15.6. The number of pyridine rings is 1. The van der Waals surface area contributed by atoms with Gasteiger partial charge in [0.2, 0.25) is 11.9 Å². The lowest BCUT2D eigenvalue weighted by Crippen LogP contribution is -2.41. The van der Waals surface area contributed by atoms with Gasteiger partial charge in [-0.05, 0) is 44.0 Å². The Kier molecular flexibility index (Phi) is 4.09. The van der Waals surface area contributed by atoms with Crippen molar-refractivity contribution >= 4 is 23.2 Å². The Morgan fingerprint density at radius 3 is 2.84 bits per heavy atom. The van der Waals surface area contributed by atoms with Crippen molar-refractivity contribution in [3.63, 3.8) is 0 Å². The maximum atomic E-state index is 12.7. The minimum Gasteiger partial charge on any atom is -0.340 e. The topological polar surface area (TPSA) is 62.5 Å². The van der Waals surface area contributed by atoms with Crippen LogP contribution in [0.5, 0.6) is 0 Å². The van der Waals surface area contributed by atoms with Crippen LogP contribution in [0.4, 0.5) is 11.6 Å². The molecule has 1 fully saturated rings. The summed E-state index contributed by atoms with van der Waals surface area (Å²) < 4.78 is 1.97. The Morgan fingerprint density at radius 1 is 1.16 bits per heavy atom. The number of hydrogen-bond donors (Lipinski definition) is 1. The second kappa shape index (κ2) is 6.55. The largest absolute Gasteiger partial charge is 0.340 e. The summed E-state index contributed by atoms with van der Waals surface area (Å²) in [5, 5.41) is 11.6. The highest BCUT2D eigenvalue weighted by atomic mass is 16.1. The molecule has 2 aromatic heterocycles. The van der Waals surface area contributed by atoms with Gasteiger partial charge in [-0.15, -0.1) is 10.2 Å². The van der Waals surface area contributed by atoms with Crippen LogP contribution < -0.4 is 10.2 Å². The highest BCUT2D eigenvalue weighted by Crippen LogP contribution is 2.23. The number of fused-ring (bicyclic) bond motifs is 1. The van der Waals surface area contributed by atoms with Crippen LogP contribution in [0.1, 0.15) is 18.4 Å². The number of carbonyl (C=O) groups is 1. The fourth-order valence-electron chi connectivity index (χ4n) is 3.30. The van der Waals surface area contributed by atoms with Crippen LogP contribution in [0.25, 0.3) is 5.65 Å². The van der Waals surface area contributed by atoms with Crippen molar-refractivity contribution in [2.75, 3.05) is 23.3 Å². The number of nitrogens with zero attached hydrogens (tertiary/aromatic N) is 4. The minimum atomic E-state index is -0.0499. The van der Waals surface area contributed by atoms with Crippen LogP contribution in [0.15, 0.2) is 48.7 Å². The van der Waals surface area contributed by atoms with Crippen molar-refractivity contribution in [3.8, 4) is 0 Å². The van der Waals surface area contributed by atoms with E-state index in [1.54, 1.807) is 0 Å². The van der Waals surface area contributed by atoms with Crippen molar-refractivity contribution in [2.45, 2.75) is 19.8 Å². The number of aromatic nitrogens is 3. The predicted molar refractivity (Wildman–Crippen MR) is 97.7 cm³/mol. The molecule has 1 aromatic carbocycles. The first-order chi connectivity index (χ1) is 12.2. The molecule has 0 bridgehead atoms. The number of aryl methyl sites for hydroxylation is 1. The van der Waals surface area contributed by atoms with Crippen LogP contribution in [0.2, 0.25) is 0 Å². The van der Waals surface area contributed by atoms with Gasteiger partial charge in [0.05, 0.1) is 5.92 Å². The molecule has 1 aliphatic heterocycles. The molecule has 0 radical (unpaired) electrons. The molecule has 1 N–H and O–H groups in total. The van der Waals surface area contributed by atoms with E-state index in [-0.39, 0.29) is 11.8 Å². The first-order valence-electron chi connectivity index (χ1n) is 8.63. The number of rotatable bonds is 3.